The second-order valence-electron chi connectivity index (χ2n) is 20.9. The van der Waals surface area contributed by atoms with Crippen LogP contribution in [0.15, 0.2) is 97.2 Å². The number of hydrogen-bond acceptors (Lipinski definition) is 8. The van der Waals surface area contributed by atoms with Crippen LogP contribution in [0.25, 0.3) is 0 Å². The zero-order valence-electron chi connectivity index (χ0n) is 49.7. The highest BCUT2D eigenvalue weighted by Crippen LogP contribution is 2.43. The Morgan fingerprint density at radius 2 is 0.714 bits per heavy atom. The van der Waals surface area contributed by atoms with E-state index in [0.717, 1.165) is 89.9 Å². The standard InChI is InChI=1S/C67H118NO8P/c1-3-5-7-9-11-13-15-17-19-21-23-25-27-29-31-32-34-35-37-39-41-43-45-47-49-51-53-55-57-59-66(69)73-63-65(64-75-77(71,72)74-62-61-68)76-67(70)60-58-56-54-52-50-48-46-44-42-40-38-36-33-30-28-26-24-22-20-18-16-14-12-10-8-6-4-2/h6,8,12,14-15,17-18,20-21,23-24,26-27,29-30,33,65H,3-5,7,9-11,13,16,19,22,25,28,31-32,34-64,68H2,1-2H3,(H,71,72)/b8-6-,14-12-,17-15-,20-18-,23-21-,26-24-,29-27-,33-30-. The van der Waals surface area contributed by atoms with E-state index in [2.05, 4.69) is 111 Å². The van der Waals surface area contributed by atoms with Gasteiger partial charge in [-0.2, -0.15) is 0 Å². The maximum absolute atomic E-state index is 12.7. The maximum atomic E-state index is 12.7. The van der Waals surface area contributed by atoms with Gasteiger partial charge in [-0.25, -0.2) is 4.57 Å². The van der Waals surface area contributed by atoms with E-state index in [1.165, 1.54) is 161 Å². The van der Waals surface area contributed by atoms with Gasteiger partial charge in [0.1, 0.15) is 6.61 Å². The lowest BCUT2D eigenvalue weighted by Gasteiger charge is -2.19. The first-order valence-electron chi connectivity index (χ1n) is 31.7. The van der Waals surface area contributed by atoms with Gasteiger partial charge in [0.15, 0.2) is 6.10 Å². The van der Waals surface area contributed by atoms with Gasteiger partial charge in [0.05, 0.1) is 13.2 Å². The molecule has 0 fully saturated rings. The fourth-order valence-electron chi connectivity index (χ4n) is 8.79. The minimum atomic E-state index is -4.40. The Kier molecular flexibility index (Phi) is 59.7. The molecule has 0 aromatic heterocycles. The molecule has 2 unspecified atom stereocenters. The van der Waals surface area contributed by atoms with E-state index in [1.807, 2.05) is 0 Å². The summed E-state index contributed by atoms with van der Waals surface area (Å²) in [6.45, 7) is 3.64. The van der Waals surface area contributed by atoms with Crippen molar-refractivity contribution in [1.82, 2.24) is 0 Å². The van der Waals surface area contributed by atoms with Crippen molar-refractivity contribution in [2.24, 2.45) is 5.73 Å². The molecule has 0 rings (SSSR count). The van der Waals surface area contributed by atoms with Crippen molar-refractivity contribution in [2.75, 3.05) is 26.4 Å². The molecule has 0 spiro atoms. The first-order chi connectivity index (χ1) is 37.8. The van der Waals surface area contributed by atoms with Crippen molar-refractivity contribution >= 4 is 19.8 Å². The second kappa shape index (κ2) is 62.1. The van der Waals surface area contributed by atoms with Crippen LogP contribution in [0.5, 0.6) is 0 Å². The molecule has 77 heavy (non-hydrogen) atoms. The second-order valence-corrected chi connectivity index (χ2v) is 22.3. The monoisotopic (exact) mass is 1100 g/mol. The van der Waals surface area contributed by atoms with Crippen LogP contribution in [0, 0.1) is 0 Å². The minimum Gasteiger partial charge on any atom is -0.462 e. The summed E-state index contributed by atoms with van der Waals surface area (Å²) in [6, 6.07) is 0. The summed E-state index contributed by atoms with van der Waals surface area (Å²) in [7, 11) is -4.40. The summed E-state index contributed by atoms with van der Waals surface area (Å²) in [6.07, 6.45) is 83.3. The number of allylic oxidation sites excluding steroid dienone is 16. The molecule has 0 saturated carbocycles. The summed E-state index contributed by atoms with van der Waals surface area (Å²) in [4.78, 5) is 35.3. The molecular formula is C67H118NO8P. The summed E-state index contributed by atoms with van der Waals surface area (Å²) < 4.78 is 33.1. The normalized spacial score (nSPS) is 13.7. The number of rotatable bonds is 59. The quantitative estimate of drug-likeness (QED) is 0.0264. The molecule has 9 nitrogen and oxygen atoms in total. The largest absolute Gasteiger partial charge is 0.472 e. The average molecular weight is 1100 g/mol. The van der Waals surface area contributed by atoms with Crippen molar-refractivity contribution in [3.63, 3.8) is 0 Å². The van der Waals surface area contributed by atoms with Crippen LogP contribution < -0.4 is 5.73 Å². The molecule has 0 aromatic carbocycles. The lowest BCUT2D eigenvalue weighted by atomic mass is 10.0. The van der Waals surface area contributed by atoms with Crippen LogP contribution in [-0.4, -0.2) is 49.3 Å². The molecule has 3 N–H and O–H groups in total. The Morgan fingerprint density at radius 3 is 1.06 bits per heavy atom. The molecule has 0 amide bonds. The number of hydrogen-bond donors (Lipinski definition) is 2. The molecule has 0 aliphatic carbocycles. The van der Waals surface area contributed by atoms with E-state index in [-0.39, 0.29) is 38.6 Å². The van der Waals surface area contributed by atoms with Gasteiger partial charge in [0.2, 0.25) is 0 Å². The van der Waals surface area contributed by atoms with Crippen molar-refractivity contribution in [2.45, 2.75) is 290 Å². The number of carbonyl (C=O) groups excluding carboxylic acids is 2. The highest BCUT2D eigenvalue weighted by Gasteiger charge is 2.26. The van der Waals surface area contributed by atoms with Crippen molar-refractivity contribution in [3.05, 3.63) is 97.2 Å². The third-order valence-electron chi connectivity index (χ3n) is 13.5. The fourth-order valence-corrected chi connectivity index (χ4v) is 9.55. The van der Waals surface area contributed by atoms with Crippen LogP contribution in [0.1, 0.15) is 284 Å². The van der Waals surface area contributed by atoms with Crippen molar-refractivity contribution < 1.29 is 37.6 Å². The van der Waals surface area contributed by atoms with E-state index in [1.54, 1.807) is 0 Å². The van der Waals surface area contributed by atoms with E-state index >= 15 is 0 Å². The van der Waals surface area contributed by atoms with Gasteiger partial charge in [-0.05, 0) is 96.3 Å². The van der Waals surface area contributed by atoms with Gasteiger partial charge in [0, 0.05) is 19.4 Å². The smallest absolute Gasteiger partial charge is 0.462 e. The minimum absolute atomic E-state index is 0.0494. The van der Waals surface area contributed by atoms with Crippen LogP contribution in [0.2, 0.25) is 0 Å². The maximum Gasteiger partial charge on any atom is 0.472 e. The van der Waals surface area contributed by atoms with E-state index < -0.39 is 26.5 Å². The number of phosphoric acid groups is 1. The van der Waals surface area contributed by atoms with Crippen LogP contribution in [-0.2, 0) is 32.7 Å². The average Bonchev–Trinajstić information content (AvgIpc) is 3.42. The highest BCUT2D eigenvalue weighted by molar-refractivity contribution is 7.47. The van der Waals surface area contributed by atoms with Crippen molar-refractivity contribution in [3.8, 4) is 0 Å². The number of phosphoric ester groups is 1. The van der Waals surface area contributed by atoms with Gasteiger partial charge in [0.25, 0.3) is 0 Å². The van der Waals surface area contributed by atoms with Gasteiger partial charge in [-0.15, -0.1) is 0 Å². The fraction of sp³-hybridized carbons (Fsp3) is 0.731. The number of nitrogens with two attached hydrogens (primary N) is 1. The van der Waals surface area contributed by atoms with Gasteiger partial charge in [-0.3, -0.25) is 18.6 Å². The topological polar surface area (TPSA) is 134 Å². The zero-order chi connectivity index (χ0) is 55.9. The first kappa shape index (κ1) is 73.9. The van der Waals surface area contributed by atoms with Crippen molar-refractivity contribution in [1.29, 1.82) is 0 Å². The van der Waals surface area contributed by atoms with Crippen LogP contribution >= 0.6 is 7.82 Å². The summed E-state index contributed by atoms with van der Waals surface area (Å²) in [5, 5.41) is 0. The van der Waals surface area contributed by atoms with E-state index in [4.69, 9.17) is 24.3 Å². The van der Waals surface area contributed by atoms with E-state index in [9.17, 15) is 19.0 Å². The molecule has 0 saturated heterocycles. The lowest BCUT2D eigenvalue weighted by Crippen LogP contribution is -2.29. The SMILES string of the molecule is CC/C=C\C/C=C\C/C=C\C/C=C\C/C=C\CCCCCCCCCCCCCC(=O)OC(COC(=O)CCCCCCCCCCCCCCCC/C=C\C/C=C\C/C=C\CCCCCCC)COP(=O)(O)OCCN. The number of unbranched alkanes of at least 4 members (excludes halogenated alkanes) is 30. The predicted molar refractivity (Wildman–Crippen MR) is 330 cm³/mol. The van der Waals surface area contributed by atoms with Gasteiger partial charge < -0.3 is 20.1 Å². The molecule has 0 aromatic rings. The Balaban J connectivity index is 3.95. The number of ether oxygens (including phenoxy) is 2. The van der Waals surface area contributed by atoms with E-state index in [0.29, 0.717) is 6.42 Å². The number of carbonyl (C=O) groups is 2. The highest BCUT2D eigenvalue weighted by atomic mass is 31.2. The first-order valence-corrected chi connectivity index (χ1v) is 33.2. The zero-order valence-corrected chi connectivity index (χ0v) is 50.6. The Morgan fingerprint density at radius 1 is 0.403 bits per heavy atom. The molecule has 2 atom stereocenters. The third-order valence-corrected chi connectivity index (χ3v) is 14.4. The molecule has 0 bridgehead atoms. The van der Waals surface area contributed by atoms with Crippen LogP contribution in [0.3, 0.4) is 0 Å². The van der Waals surface area contributed by atoms with Crippen LogP contribution in [0.4, 0.5) is 0 Å². The number of esters is 2. The Hall–Kier alpha value is -3.07. The lowest BCUT2D eigenvalue weighted by molar-refractivity contribution is -0.161. The summed E-state index contributed by atoms with van der Waals surface area (Å²) in [5.74, 6) is -0.828. The molecular weight excluding hydrogens is 978 g/mol. The third kappa shape index (κ3) is 62.0. The summed E-state index contributed by atoms with van der Waals surface area (Å²) in [5.41, 5.74) is 5.39. The summed E-state index contributed by atoms with van der Waals surface area (Å²) >= 11 is 0. The van der Waals surface area contributed by atoms with Gasteiger partial charge in [-0.1, -0.05) is 272 Å². The Labute approximate surface area is 474 Å². The molecule has 0 aliphatic rings. The molecule has 10 heteroatoms. The Bertz CT molecular complexity index is 1580. The molecule has 0 radical (unpaired) electrons. The molecule has 0 heterocycles. The molecule has 0 aliphatic heterocycles. The predicted octanol–water partition coefficient (Wildman–Crippen LogP) is 20.4. The van der Waals surface area contributed by atoms with Gasteiger partial charge >= 0.3 is 19.8 Å². The molecule has 444 valence electrons.